The molecule has 1 rings (SSSR count). The van der Waals surface area contributed by atoms with Crippen LogP contribution in [0.2, 0.25) is 0 Å². The van der Waals surface area contributed by atoms with Gasteiger partial charge in [0.15, 0.2) is 0 Å². The van der Waals surface area contributed by atoms with Crippen LogP contribution in [0.4, 0.5) is 0 Å². The predicted octanol–water partition coefficient (Wildman–Crippen LogP) is 2.49. The SMILES string of the molecule is C/C=C(/OC(=O)C(N)(CCSC)C(=O)OCC)C1CC1(C)C. The summed E-state index contributed by atoms with van der Waals surface area (Å²) in [5.41, 5.74) is 4.44. The van der Waals surface area contributed by atoms with Gasteiger partial charge in [-0.15, -0.1) is 0 Å². The van der Waals surface area contributed by atoms with E-state index in [2.05, 4.69) is 13.8 Å². The van der Waals surface area contributed by atoms with Crippen molar-refractivity contribution in [3.8, 4) is 0 Å². The molecule has 1 fully saturated rings. The first kappa shape index (κ1) is 19.0. The highest BCUT2D eigenvalue weighted by molar-refractivity contribution is 7.98. The quantitative estimate of drug-likeness (QED) is 0.419. The van der Waals surface area contributed by atoms with Gasteiger partial charge in [0.1, 0.15) is 5.76 Å². The molecule has 1 saturated carbocycles. The first-order valence-electron chi connectivity index (χ1n) is 7.56. The van der Waals surface area contributed by atoms with Crippen LogP contribution in [0, 0.1) is 11.3 Å². The molecule has 2 atom stereocenters. The highest BCUT2D eigenvalue weighted by Crippen LogP contribution is 2.56. The van der Waals surface area contributed by atoms with Gasteiger partial charge in [-0.25, -0.2) is 9.59 Å². The number of ether oxygens (including phenoxy) is 2. The normalized spacial score (nSPS) is 22.6. The van der Waals surface area contributed by atoms with Crippen LogP contribution in [0.25, 0.3) is 0 Å². The van der Waals surface area contributed by atoms with E-state index in [1.54, 1.807) is 13.0 Å². The van der Waals surface area contributed by atoms with Gasteiger partial charge in [-0.05, 0) is 50.2 Å². The second-order valence-corrected chi connectivity index (χ2v) is 7.25. The highest BCUT2D eigenvalue weighted by atomic mass is 32.2. The van der Waals surface area contributed by atoms with E-state index in [-0.39, 0.29) is 24.4 Å². The second-order valence-electron chi connectivity index (χ2n) is 6.26. The Hall–Kier alpha value is -1.01. The van der Waals surface area contributed by atoms with Crippen molar-refractivity contribution in [2.24, 2.45) is 17.1 Å². The van der Waals surface area contributed by atoms with Gasteiger partial charge in [0.25, 0.3) is 0 Å². The smallest absolute Gasteiger partial charge is 0.342 e. The lowest BCUT2D eigenvalue weighted by Crippen LogP contribution is -2.57. The van der Waals surface area contributed by atoms with Crippen molar-refractivity contribution in [1.29, 1.82) is 0 Å². The molecule has 0 heterocycles. The zero-order valence-electron chi connectivity index (χ0n) is 14.1. The molecule has 0 aromatic carbocycles. The van der Waals surface area contributed by atoms with E-state index in [9.17, 15) is 9.59 Å². The molecular weight excluding hydrogens is 302 g/mol. The first-order chi connectivity index (χ1) is 10.2. The maximum atomic E-state index is 12.5. The van der Waals surface area contributed by atoms with Gasteiger partial charge in [0, 0.05) is 5.92 Å². The molecule has 0 aromatic heterocycles. The molecule has 0 bridgehead atoms. The lowest BCUT2D eigenvalue weighted by atomic mass is 9.97. The number of nitrogens with two attached hydrogens (primary N) is 1. The minimum Gasteiger partial charge on any atom is -0.464 e. The summed E-state index contributed by atoms with van der Waals surface area (Å²) in [6.07, 6.45) is 4.82. The minimum absolute atomic E-state index is 0.128. The summed E-state index contributed by atoms with van der Waals surface area (Å²) in [5.74, 6) is -0.0769. The third-order valence-electron chi connectivity index (χ3n) is 4.06. The Morgan fingerprint density at radius 3 is 2.41 bits per heavy atom. The van der Waals surface area contributed by atoms with E-state index in [1.165, 1.54) is 11.8 Å². The maximum Gasteiger partial charge on any atom is 0.342 e. The van der Waals surface area contributed by atoms with E-state index in [4.69, 9.17) is 15.2 Å². The molecule has 5 nitrogen and oxygen atoms in total. The van der Waals surface area contributed by atoms with Crippen molar-refractivity contribution in [1.82, 2.24) is 0 Å². The lowest BCUT2D eigenvalue weighted by Gasteiger charge is -2.25. The first-order valence-corrected chi connectivity index (χ1v) is 8.95. The van der Waals surface area contributed by atoms with E-state index in [0.717, 1.165) is 6.42 Å². The fraction of sp³-hybridized carbons (Fsp3) is 0.750. The molecule has 1 aliphatic carbocycles. The Bertz CT molecular complexity index is 461. The third kappa shape index (κ3) is 4.26. The average Bonchev–Trinajstić information content (AvgIpc) is 3.10. The second kappa shape index (κ2) is 7.51. The third-order valence-corrected chi connectivity index (χ3v) is 4.67. The highest BCUT2D eigenvalue weighted by Gasteiger charge is 2.51. The van der Waals surface area contributed by atoms with Crippen LogP contribution in [-0.4, -0.2) is 36.1 Å². The minimum atomic E-state index is -1.74. The summed E-state index contributed by atoms with van der Waals surface area (Å²) in [6.45, 7) is 7.91. The van der Waals surface area contributed by atoms with Crippen LogP contribution in [0.1, 0.15) is 40.5 Å². The number of carbonyl (C=O) groups excluding carboxylic acids is 2. The Balaban J connectivity index is 2.85. The number of hydrogen-bond donors (Lipinski definition) is 1. The summed E-state index contributed by atoms with van der Waals surface area (Å²) in [4.78, 5) is 24.6. The fourth-order valence-electron chi connectivity index (χ4n) is 2.29. The standard InChI is InChI=1S/C16H27NO4S/c1-6-12(11-10-15(11,3)4)21-14(19)16(17,8-9-22-5)13(18)20-7-2/h6,11H,7-10,17H2,1-5H3/b12-6+. The maximum absolute atomic E-state index is 12.5. The monoisotopic (exact) mass is 329 g/mol. The number of carbonyl (C=O) groups is 2. The van der Waals surface area contributed by atoms with Crippen molar-refractivity contribution in [2.45, 2.75) is 46.1 Å². The Morgan fingerprint density at radius 1 is 1.41 bits per heavy atom. The zero-order chi connectivity index (χ0) is 17.0. The number of thioether (sulfide) groups is 1. The van der Waals surface area contributed by atoms with E-state index < -0.39 is 17.5 Å². The molecule has 0 saturated heterocycles. The summed E-state index contributed by atoms with van der Waals surface area (Å²) in [7, 11) is 0. The van der Waals surface area contributed by atoms with Crippen molar-refractivity contribution in [3.63, 3.8) is 0 Å². The summed E-state index contributed by atoms with van der Waals surface area (Å²) < 4.78 is 10.4. The van der Waals surface area contributed by atoms with Crippen LogP contribution in [0.3, 0.4) is 0 Å². The van der Waals surface area contributed by atoms with E-state index in [1.807, 2.05) is 13.2 Å². The van der Waals surface area contributed by atoms with E-state index >= 15 is 0 Å². The average molecular weight is 329 g/mol. The molecule has 0 aliphatic heterocycles. The molecule has 2 unspecified atom stereocenters. The van der Waals surface area contributed by atoms with Crippen LogP contribution < -0.4 is 5.73 Å². The summed E-state index contributed by atoms with van der Waals surface area (Å²) >= 11 is 1.51. The Morgan fingerprint density at radius 2 is 2.00 bits per heavy atom. The molecule has 6 heteroatoms. The Kier molecular flexibility index (Phi) is 6.50. The number of hydrogen-bond acceptors (Lipinski definition) is 6. The molecule has 126 valence electrons. The molecule has 0 radical (unpaired) electrons. The lowest BCUT2D eigenvalue weighted by molar-refractivity contribution is -0.162. The van der Waals surface area contributed by atoms with Gasteiger partial charge in [0.05, 0.1) is 6.61 Å². The van der Waals surface area contributed by atoms with Gasteiger partial charge >= 0.3 is 11.9 Å². The zero-order valence-corrected chi connectivity index (χ0v) is 14.9. The van der Waals surface area contributed by atoms with E-state index in [0.29, 0.717) is 11.5 Å². The predicted molar refractivity (Wildman–Crippen MR) is 88.3 cm³/mol. The number of rotatable bonds is 8. The van der Waals surface area contributed by atoms with Crippen molar-refractivity contribution < 1.29 is 19.1 Å². The van der Waals surface area contributed by atoms with Crippen molar-refractivity contribution in [2.75, 3.05) is 18.6 Å². The molecule has 0 aromatic rings. The molecule has 1 aliphatic rings. The number of esters is 2. The fourth-order valence-corrected chi connectivity index (χ4v) is 2.82. The van der Waals surface area contributed by atoms with Crippen LogP contribution in [0.5, 0.6) is 0 Å². The summed E-state index contributed by atoms with van der Waals surface area (Å²) in [5, 5.41) is 0. The molecule has 0 spiro atoms. The van der Waals surface area contributed by atoms with Gasteiger partial charge in [0.2, 0.25) is 5.54 Å². The summed E-state index contributed by atoms with van der Waals surface area (Å²) in [6, 6.07) is 0. The van der Waals surface area contributed by atoms with Gasteiger partial charge in [-0.2, -0.15) is 11.8 Å². The van der Waals surface area contributed by atoms with Crippen molar-refractivity contribution in [3.05, 3.63) is 11.8 Å². The Labute approximate surface area is 137 Å². The van der Waals surface area contributed by atoms with Crippen LogP contribution in [0.15, 0.2) is 11.8 Å². The molecular formula is C16H27NO4S. The van der Waals surface area contributed by atoms with Crippen LogP contribution in [-0.2, 0) is 19.1 Å². The van der Waals surface area contributed by atoms with Gasteiger partial charge in [-0.1, -0.05) is 13.8 Å². The molecule has 2 N–H and O–H groups in total. The van der Waals surface area contributed by atoms with Gasteiger partial charge in [-0.3, -0.25) is 0 Å². The van der Waals surface area contributed by atoms with Crippen LogP contribution >= 0.6 is 11.8 Å². The van der Waals surface area contributed by atoms with Crippen molar-refractivity contribution >= 4 is 23.7 Å². The van der Waals surface area contributed by atoms with Gasteiger partial charge < -0.3 is 15.2 Å². The molecule has 22 heavy (non-hydrogen) atoms. The topological polar surface area (TPSA) is 78.6 Å². The largest absolute Gasteiger partial charge is 0.464 e. The number of allylic oxidation sites excluding steroid dienone is 2. The molecule has 0 amide bonds.